The molecule has 0 heterocycles. The molecule has 0 unspecified atom stereocenters. The lowest BCUT2D eigenvalue weighted by molar-refractivity contribution is 0.104. The van der Waals surface area contributed by atoms with E-state index >= 15 is 0 Å². The molecule has 0 amide bonds. The number of benzene rings is 2. The second kappa shape index (κ2) is 9.02. The second-order valence-corrected chi connectivity index (χ2v) is 7.45. The zero-order valence-electron chi connectivity index (χ0n) is 13.9. The van der Waals surface area contributed by atoms with E-state index in [9.17, 15) is 9.90 Å². The highest BCUT2D eigenvalue weighted by atomic mass is 79.9. The summed E-state index contributed by atoms with van der Waals surface area (Å²) in [6.45, 7) is 4.10. The van der Waals surface area contributed by atoms with Crippen LogP contribution >= 0.6 is 31.9 Å². The minimum absolute atomic E-state index is 0.0523. The van der Waals surface area contributed by atoms with Gasteiger partial charge in [-0.15, -0.1) is 0 Å². The van der Waals surface area contributed by atoms with E-state index < -0.39 is 0 Å². The third-order valence-electron chi connectivity index (χ3n) is 3.29. The average molecular weight is 466 g/mol. The minimum atomic E-state index is -0.146. The molecule has 25 heavy (non-hydrogen) atoms. The second-order valence-electron chi connectivity index (χ2n) is 5.74. The highest BCUT2D eigenvalue weighted by molar-refractivity contribution is 9.13. The third kappa shape index (κ3) is 5.87. The number of rotatable bonds is 6. The van der Waals surface area contributed by atoms with E-state index in [1.165, 1.54) is 12.1 Å². The van der Waals surface area contributed by atoms with Crippen LogP contribution in [-0.2, 0) is 0 Å². The Kier molecular flexibility index (Phi) is 7.02. The van der Waals surface area contributed by atoms with Crippen LogP contribution in [0.3, 0.4) is 0 Å². The maximum Gasteiger partial charge on any atom is 0.185 e. The molecule has 0 aliphatic rings. The lowest BCUT2D eigenvalue weighted by Crippen LogP contribution is -1.94. The first-order valence-electron chi connectivity index (χ1n) is 7.70. The molecule has 0 saturated heterocycles. The summed E-state index contributed by atoms with van der Waals surface area (Å²) in [7, 11) is 0. The van der Waals surface area contributed by atoms with Crippen molar-refractivity contribution in [3.63, 3.8) is 0 Å². The van der Waals surface area contributed by atoms with Crippen LogP contribution in [-0.4, -0.2) is 10.9 Å². The molecular weight excluding hydrogens is 448 g/mol. The van der Waals surface area contributed by atoms with Gasteiger partial charge in [-0.25, -0.2) is 0 Å². The smallest absolute Gasteiger partial charge is 0.185 e. The Hall–Kier alpha value is -1.85. The topological polar surface area (TPSA) is 46.5 Å². The van der Waals surface area contributed by atoms with Gasteiger partial charge in [-0.1, -0.05) is 13.8 Å². The molecule has 1 N–H and O–H groups in total. The summed E-state index contributed by atoms with van der Waals surface area (Å²) in [4.78, 5) is 12.2. The first-order valence-corrected chi connectivity index (χ1v) is 9.29. The van der Waals surface area contributed by atoms with Gasteiger partial charge in [0, 0.05) is 26.1 Å². The van der Waals surface area contributed by atoms with Crippen LogP contribution in [0.2, 0.25) is 0 Å². The van der Waals surface area contributed by atoms with Gasteiger partial charge in [0.2, 0.25) is 0 Å². The van der Waals surface area contributed by atoms with Crippen LogP contribution in [0, 0.1) is 5.92 Å². The summed E-state index contributed by atoms with van der Waals surface area (Å²) in [6.07, 6.45) is 6.54. The van der Waals surface area contributed by atoms with E-state index in [1.807, 2.05) is 19.9 Å². The number of carbonyl (C=O) groups is 1. The summed E-state index contributed by atoms with van der Waals surface area (Å²) < 4.78 is 7.12. The minimum Gasteiger partial charge on any atom is -0.507 e. The van der Waals surface area contributed by atoms with Crippen molar-refractivity contribution in [1.29, 1.82) is 0 Å². The summed E-state index contributed by atoms with van der Waals surface area (Å²) >= 11 is 6.75. The van der Waals surface area contributed by atoms with Crippen molar-refractivity contribution in [2.24, 2.45) is 5.92 Å². The SMILES string of the molecule is CC(C)C=COc1ccc(C=CC(=O)c2ccc(Br)c(Br)c2)c(O)c1. The van der Waals surface area contributed by atoms with Gasteiger partial charge < -0.3 is 9.84 Å². The van der Waals surface area contributed by atoms with Crippen LogP contribution in [0.25, 0.3) is 6.08 Å². The molecule has 2 rings (SSSR count). The number of halogens is 2. The number of ketones is 1. The molecule has 0 aromatic heterocycles. The molecule has 0 radical (unpaired) electrons. The van der Waals surface area contributed by atoms with Crippen molar-refractivity contribution in [2.45, 2.75) is 13.8 Å². The van der Waals surface area contributed by atoms with Gasteiger partial charge in [0.15, 0.2) is 5.78 Å². The number of ether oxygens (including phenoxy) is 1. The molecule has 0 atom stereocenters. The summed E-state index contributed by atoms with van der Waals surface area (Å²) in [5, 5.41) is 10.1. The van der Waals surface area contributed by atoms with E-state index in [2.05, 4.69) is 31.9 Å². The third-order valence-corrected chi connectivity index (χ3v) is 5.17. The number of allylic oxidation sites excluding steroid dienone is 2. The summed E-state index contributed by atoms with van der Waals surface area (Å²) in [5.41, 5.74) is 1.11. The molecule has 2 aromatic carbocycles. The standard InChI is InChI=1S/C20H18Br2O3/c1-13(2)9-10-25-16-6-3-14(20(24)12-16)5-8-19(23)15-4-7-17(21)18(22)11-15/h3-13,24H,1-2H3. The lowest BCUT2D eigenvalue weighted by atomic mass is 10.1. The van der Waals surface area contributed by atoms with Crippen molar-refractivity contribution in [3.8, 4) is 11.5 Å². The zero-order valence-corrected chi connectivity index (χ0v) is 17.0. The molecule has 5 heteroatoms. The van der Waals surface area contributed by atoms with Crippen molar-refractivity contribution < 1.29 is 14.6 Å². The molecule has 0 aliphatic heterocycles. The van der Waals surface area contributed by atoms with Gasteiger partial charge in [0.1, 0.15) is 11.5 Å². The monoisotopic (exact) mass is 464 g/mol. The summed E-state index contributed by atoms with van der Waals surface area (Å²) in [6, 6.07) is 10.2. The average Bonchev–Trinajstić information content (AvgIpc) is 2.56. The number of hydrogen-bond acceptors (Lipinski definition) is 3. The molecule has 3 nitrogen and oxygen atoms in total. The first kappa shape index (κ1) is 19.5. The normalized spacial score (nSPS) is 11.6. The van der Waals surface area contributed by atoms with Gasteiger partial charge in [-0.05, 0) is 86.3 Å². The Bertz CT molecular complexity index is 824. The molecule has 0 fully saturated rings. The molecule has 130 valence electrons. The Morgan fingerprint density at radius 1 is 1.12 bits per heavy atom. The Labute approximate surface area is 164 Å². The lowest BCUT2D eigenvalue weighted by Gasteiger charge is -2.04. The number of carbonyl (C=O) groups excluding carboxylic acids is 1. The van der Waals surface area contributed by atoms with E-state index in [4.69, 9.17) is 4.74 Å². The first-order chi connectivity index (χ1) is 11.9. The van der Waals surface area contributed by atoms with Gasteiger partial charge in [0.25, 0.3) is 0 Å². The fraction of sp³-hybridized carbons (Fsp3) is 0.150. The zero-order chi connectivity index (χ0) is 18.4. The molecule has 0 bridgehead atoms. The maximum atomic E-state index is 12.2. The molecule has 0 aliphatic carbocycles. The molecule has 2 aromatic rings. The van der Waals surface area contributed by atoms with Gasteiger partial charge in [-0.3, -0.25) is 4.79 Å². The van der Waals surface area contributed by atoms with E-state index in [1.54, 1.807) is 42.7 Å². The van der Waals surface area contributed by atoms with Crippen molar-refractivity contribution in [1.82, 2.24) is 0 Å². The maximum absolute atomic E-state index is 12.2. The van der Waals surface area contributed by atoms with Gasteiger partial charge in [-0.2, -0.15) is 0 Å². The quantitative estimate of drug-likeness (QED) is 0.306. The number of hydrogen-bond donors (Lipinski definition) is 1. The van der Waals surface area contributed by atoms with Crippen LogP contribution in [0.5, 0.6) is 11.5 Å². The fourth-order valence-corrected chi connectivity index (χ4v) is 2.55. The van der Waals surface area contributed by atoms with Crippen LogP contribution in [0.1, 0.15) is 29.8 Å². The number of aromatic hydroxyl groups is 1. The molecule has 0 saturated carbocycles. The Morgan fingerprint density at radius 3 is 2.52 bits per heavy atom. The molecule has 0 spiro atoms. The number of phenolic OH excluding ortho intramolecular Hbond substituents is 1. The van der Waals surface area contributed by atoms with E-state index in [0.717, 1.165) is 8.95 Å². The van der Waals surface area contributed by atoms with Crippen LogP contribution in [0.4, 0.5) is 0 Å². The molecular formula is C20H18Br2O3. The number of phenols is 1. The largest absolute Gasteiger partial charge is 0.507 e. The van der Waals surface area contributed by atoms with Crippen molar-refractivity contribution in [3.05, 3.63) is 74.9 Å². The van der Waals surface area contributed by atoms with Gasteiger partial charge >= 0.3 is 0 Å². The van der Waals surface area contributed by atoms with Crippen LogP contribution in [0.15, 0.2) is 63.8 Å². The van der Waals surface area contributed by atoms with E-state index in [-0.39, 0.29) is 11.5 Å². The van der Waals surface area contributed by atoms with E-state index in [0.29, 0.717) is 22.8 Å². The van der Waals surface area contributed by atoms with Crippen molar-refractivity contribution in [2.75, 3.05) is 0 Å². The Balaban J connectivity index is 2.09. The predicted molar refractivity (Wildman–Crippen MR) is 108 cm³/mol. The van der Waals surface area contributed by atoms with Crippen molar-refractivity contribution >= 4 is 43.7 Å². The highest BCUT2D eigenvalue weighted by Gasteiger charge is 2.06. The highest BCUT2D eigenvalue weighted by Crippen LogP contribution is 2.26. The fourth-order valence-electron chi connectivity index (χ4n) is 1.92. The predicted octanol–water partition coefficient (Wildman–Crippen LogP) is 6.36. The van der Waals surface area contributed by atoms with Crippen LogP contribution < -0.4 is 4.74 Å². The summed E-state index contributed by atoms with van der Waals surface area (Å²) in [5.74, 6) is 0.833. The Morgan fingerprint density at radius 2 is 1.88 bits per heavy atom. The van der Waals surface area contributed by atoms with Gasteiger partial charge in [0.05, 0.1) is 6.26 Å².